The number of rotatable bonds is 0. The molecule has 1 aliphatic rings. The standard InChI is InChI=1S/C7H5N3/c8-5-6-1-3-7(10-9)4-2-6/h1-4,6H. The van der Waals surface area contributed by atoms with E-state index in [2.05, 4.69) is 4.79 Å². The summed E-state index contributed by atoms with van der Waals surface area (Å²) < 4.78 is 0. The first kappa shape index (κ1) is 6.47. The fourth-order valence-corrected chi connectivity index (χ4v) is 0.677. The maximum atomic E-state index is 8.40. The Morgan fingerprint density at radius 3 is 2.50 bits per heavy atom. The van der Waals surface area contributed by atoms with E-state index >= 15 is 0 Å². The van der Waals surface area contributed by atoms with Crippen LogP contribution < -0.4 is 0 Å². The Balaban J connectivity index is 2.83. The van der Waals surface area contributed by atoms with Crippen LogP contribution in [0, 0.1) is 17.2 Å². The molecule has 0 fully saturated rings. The second-order valence-electron chi connectivity index (χ2n) is 1.90. The summed E-state index contributed by atoms with van der Waals surface area (Å²) in [6.45, 7) is 0. The predicted octanol–water partition coefficient (Wildman–Crippen LogP) is 0.923. The molecule has 0 spiro atoms. The van der Waals surface area contributed by atoms with Crippen LogP contribution in [0.3, 0.4) is 0 Å². The molecule has 0 heterocycles. The third-order valence-electron chi connectivity index (χ3n) is 1.21. The van der Waals surface area contributed by atoms with Crippen molar-refractivity contribution in [3.63, 3.8) is 0 Å². The Hall–Kier alpha value is -1.65. The summed E-state index contributed by atoms with van der Waals surface area (Å²) in [7, 11) is 0. The maximum absolute atomic E-state index is 8.40. The number of hydrogen-bond donors (Lipinski definition) is 0. The zero-order chi connectivity index (χ0) is 7.40. The molecule has 0 aliphatic heterocycles. The highest BCUT2D eigenvalue weighted by atomic mass is 14.8. The average Bonchev–Trinajstić information content (AvgIpc) is 2.05. The summed E-state index contributed by atoms with van der Waals surface area (Å²) >= 11 is 0. The van der Waals surface area contributed by atoms with Gasteiger partial charge in [0, 0.05) is 12.2 Å². The molecule has 48 valence electrons. The van der Waals surface area contributed by atoms with Gasteiger partial charge in [0.2, 0.25) is 0 Å². The van der Waals surface area contributed by atoms with Crippen molar-refractivity contribution < 1.29 is 4.79 Å². The number of nitriles is 1. The third kappa shape index (κ3) is 1.19. The summed E-state index contributed by atoms with van der Waals surface area (Å²) in [5.41, 5.74) is 8.73. The molecule has 0 unspecified atom stereocenters. The van der Waals surface area contributed by atoms with Crippen LogP contribution in [0.15, 0.2) is 24.3 Å². The van der Waals surface area contributed by atoms with Crippen LogP contribution in [-0.2, 0) is 0 Å². The minimum Gasteiger partial charge on any atom is -0.361 e. The molecule has 3 heteroatoms. The van der Waals surface area contributed by atoms with Crippen LogP contribution in [-0.4, -0.2) is 10.5 Å². The van der Waals surface area contributed by atoms with Gasteiger partial charge in [-0.2, -0.15) is 10.1 Å². The summed E-state index contributed by atoms with van der Waals surface area (Å²) in [6, 6.07) is 2.04. The van der Waals surface area contributed by atoms with Gasteiger partial charge in [0.1, 0.15) is 0 Å². The molecule has 0 amide bonds. The van der Waals surface area contributed by atoms with Gasteiger partial charge in [0.25, 0.3) is 0 Å². The van der Waals surface area contributed by atoms with Crippen molar-refractivity contribution in [1.29, 1.82) is 5.26 Å². The Bertz CT molecular complexity index is 258. The van der Waals surface area contributed by atoms with Crippen molar-refractivity contribution in [3.8, 4) is 6.07 Å². The molecule has 10 heavy (non-hydrogen) atoms. The van der Waals surface area contributed by atoms with E-state index < -0.39 is 0 Å². The van der Waals surface area contributed by atoms with E-state index in [0.29, 0.717) is 5.71 Å². The van der Waals surface area contributed by atoms with Crippen LogP contribution in [0.1, 0.15) is 0 Å². The fourth-order valence-electron chi connectivity index (χ4n) is 0.677. The molecule has 3 nitrogen and oxygen atoms in total. The van der Waals surface area contributed by atoms with Crippen molar-refractivity contribution in [1.82, 2.24) is 0 Å². The van der Waals surface area contributed by atoms with Crippen molar-refractivity contribution in [2.75, 3.05) is 0 Å². The molecule has 0 saturated heterocycles. The van der Waals surface area contributed by atoms with Gasteiger partial charge >= 0.3 is 5.71 Å². The number of allylic oxidation sites excluding steroid dienone is 4. The lowest BCUT2D eigenvalue weighted by Crippen LogP contribution is -1.98. The van der Waals surface area contributed by atoms with Gasteiger partial charge in [-0.3, -0.25) is 0 Å². The molecule has 0 saturated carbocycles. The molecule has 1 aliphatic carbocycles. The topological polar surface area (TPSA) is 60.2 Å². The van der Waals surface area contributed by atoms with E-state index in [1.807, 2.05) is 6.07 Å². The smallest absolute Gasteiger partial charge is 0.314 e. The largest absolute Gasteiger partial charge is 0.361 e. The van der Waals surface area contributed by atoms with Gasteiger partial charge in [-0.25, -0.2) is 0 Å². The highest BCUT2D eigenvalue weighted by molar-refractivity contribution is 6.00. The first-order valence-electron chi connectivity index (χ1n) is 2.85. The van der Waals surface area contributed by atoms with E-state index in [0.717, 1.165) is 0 Å². The second-order valence-corrected chi connectivity index (χ2v) is 1.90. The van der Waals surface area contributed by atoms with Crippen LogP contribution in [0.4, 0.5) is 0 Å². The molecule has 1 rings (SSSR count). The summed E-state index contributed by atoms with van der Waals surface area (Å²) in [5.74, 6) is -0.175. The monoisotopic (exact) mass is 131 g/mol. The molecule has 0 bridgehead atoms. The Labute approximate surface area is 58.5 Å². The van der Waals surface area contributed by atoms with Crippen molar-refractivity contribution in [2.45, 2.75) is 0 Å². The van der Waals surface area contributed by atoms with Crippen molar-refractivity contribution >= 4 is 5.71 Å². The van der Waals surface area contributed by atoms with Gasteiger partial charge in [-0.1, -0.05) is 12.2 Å². The molecule has 0 radical (unpaired) electrons. The van der Waals surface area contributed by atoms with E-state index in [9.17, 15) is 0 Å². The van der Waals surface area contributed by atoms with Gasteiger partial charge < -0.3 is 5.53 Å². The molecule has 0 aromatic heterocycles. The minimum atomic E-state index is -0.175. The highest BCUT2D eigenvalue weighted by Crippen LogP contribution is 2.04. The molecule has 0 aromatic carbocycles. The molecule has 0 atom stereocenters. The van der Waals surface area contributed by atoms with Crippen LogP contribution in [0.5, 0.6) is 0 Å². The lowest BCUT2D eigenvalue weighted by molar-refractivity contribution is -0.00165. The lowest BCUT2D eigenvalue weighted by atomic mass is 10.0. The second kappa shape index (κ2) is 2.77. The van der Waals surface area contributed by atoms with Gasteiger partial charge in [-0.05, 0) is 0 Å². The minimum absolute atomic E-state index is 0.175. The van der Waals surface area contributed by atoms with Gasteiger partial charge in [-0.15, -0.1) is 0 Å². The first-order chi connectivity index (χ1) is 4.86. The molecular formula is C7H5N3. The molecule has 0 N–H and O–H groups in total. The Morgan fingerprint density at radius 2 is 2.10 bits per heavy atom. The Kier molecular flexibility index (Phi) is 1.79. The molecule has 0 aromatic rings. The summed E-state index contributed by atoms with van der Waals surface area (Å²) in [6.07, 6.45) is 6.56. The third-order valence-corrected chi connectivity index (χ3v) is 1.21. The quantitative estimate of drug-likeness (QED) is 0.356. The zero-order valence-electron chi connectivity index (χ0n) is 5.23. The van der Waals surface area contributed by atoms with Crippen LogP contribution in [0.2, 0.25) is 0 Å². The zero-order valence-corrected chi connectivity index (χ0v) is 5.23. The number of hydrogen-bond acceptors (Lipinski definition) is 1. The fraction of sp³-hybridized carbons (Fsp3) is 0.143. The van der Waals surface area contributed by atoms with Gasteiger partial charge in [0.15, 0.2) is 0 Å². The van der Waals surface area contributed by atoms with Crippen LogP contribution >= 0.6 is 0 Å². The van der Waals surface area contributed by atoms with Crippen molar-refractivity contribution in [2.24, 2.45) is 5.92 Å². The van der Waals surface area contributed by atoms with E-state index in [1.165, 1.54) is 0 Å². The van der Waals surface area contributed by atoms with Crippen molar-refractivity contribution in [3.05, 3.63) is 29.8 Å². The number of nitrogens with zero attached hydrogens (tertiary/aromatic N) is 3. The summed E-state index contributed by atoms with van der Waals surface area (Å²) in [5, 5.41) is 8.40. The first-order valence-corrected chi connectivity index (χ1v) is 2.85. The van der Waals surface area contributed by atoms with Gasteiger partial charge in [0.05, 0.1) is 12.0 Å². The average molecular weight is 131 g/mol. The van der Waals surface area contributed by atoms with E-state index in [1.54, 1.807) is 24.3 Å². The molecular weight excluding hydrogens is 126 g/mol. The Morgan fingerprint density at radius 1 is 1.50 bits per heavy atom. The predicted molar refractivity (Wildman–Crippen MR) is 36.0 cm³/mol. The highest BCUT2D eigenvalue weighted by Gasteiger charge is 2.06. The van der Waals surface area contributed by atoms with E-state index in [-0.39, 0.29) is 5.92 Å². The lowest BCUT2D eigenvalue weighted by Gasteiger charge is -1.94. The van der Waals surface area contributed by atoms with E-state index in [4.69, 9.17) is 10.8 Å². The maximum Gasteiger partial charge on any atom is 0.314 e. The SMILES string of the molecule is N#CC1C=CC(=[N+]=[N-])C=C1. The normalized spacial score (nSPS) is 21.9. The van der Waals surface area contributed by atoms with Crippen LogP contribution in [0.25, 0.3) is 5.53 Å². The summed E-state index contributed by atoms with van der Waals surface area (Å²) in [4.78, 5) is 2.95.